The maximum Gasteiger partial charge on any atom is 0.362 e. The van der Waals surface area contributed by atoms with Crippen LogP contribution < -0.4 is 0 Å². The summed E-state index contributed by atoms with van der Waals surface area (Å²) >= 11 is 2.20. The van der Waals surface area contributed by atoms with Crippen LogP contribution in [0, 0.1) is 5.41 Å². The molecule has 1 atom stereocenters. The Labute approximate surface area is 160 Å². The topological polar surface area (TPSA) is 91.4 Å². The normalized spacial score (nSPS) is 27.8. The van der Waals surface area contributed by atoms with Crippen molar-refractivity contribution in [1.82, 2.24) is 4.90 Å². The third kappa shape index (κ3) is 3.83. The molecule has 1 spiro atoms. The fourth-order valence-electron chi connectivity index (χ4n) is 3.04. The molecular weight excluding hydrogens is 382 g/mol. The molecule has 0 aromatic carbocycles. The number of hydrogen-bond donors (Lipinski definition) is 0. The van der Waals surface area contributed by atoms with E-state index < -0.39 is 27.2 Å². The van der Waals surface area contributed by atoms with E-state index in [-0.39, 0.29) is 12.5 Å². The standard InChI is InChI=1S/C16H23NO7S2/c1-3-15(4-2)13(19)23-16(24-14(15)20)25-10-12(26-16)22-11(18)9-17-5-7-21-8-6-17/h12H,3-10H2,1-2H3. The van der Waals surface area contributed by atoms with Gasteiger partial charge in [-0.2, -0.15) is 0 Å². The van der Waals surface area contributed by atoms with Gasteiger partial charge in [-0.3, -0.25) is 19.3 Å². The fraction of sp³-hybridized carbons (Fsp3) is 0.812. The van der Waals surface area contributed by atoms with Crippen molar-refractivity contribution in [3.8, 4) is 0 Å². The van der Waals surface area contributed by atoms with E-state index in [2.05, 4.69) is 0 Å². The summed E-state index contributed by atoms with van der Waals surface area (Å²) in [5, 5.41) is 0. The first-order valence-corrected chi connectivity index (χ1v) is 10.6. The van der Waals surface area contributed by atoms with Crippen LogP contribution >= 0.6 is 23.5 Å². The third-order valence-corrected chi connectivity index (χ3v) is 7.64. The molecule has 146 valence electrons. The lowest BCUT2D eigenvalue weighted by Gasteiger charge is -2.39. The van der Waals surface area contributed by atoms with Gasteiger partial charge >= 0.3 is 22.4 Å². The van der Waals surface area contributed by atoms with Gasteiger partial charge in [0, 0.05) is 18.8 Å². The van der Waals surface area contributed by atoms with E-state index in [0.717, 1.165) is 23.5 Å². The lowest BCUT2D eigenvalue weighted by molar-refractivity contribution is -0.215. The zero-order chi connectivity index (χ0) is 18.8. The minimum atomic E-state index is -1.45. The Balaban J connectivity index is 1.55. The molecule has 3 fully saturated rings. The van der Waals surface area contributed by atoms with Gasteiger partial charge in [-0.1, -0.05) is 25.6 Å². The van der Waals surface area contributed by atoms with Gasteiger partial charge < -0.3 is 18.9 Å². The molecule has 0 aliphatic carbocycles. The molecule has 0 aromatic heterocycles. The Kier molecular flexibility index (Phi) is 6.05. The van der Waals surface area contributed by atoms with Gasteiger partial charge in [-0.15, -0.1) is 0 Å². The summed E-state index contributed by atoms with van der Waals surface area (Å²) in [5.41, 5.74) is -1.78. The monoisotopic (exact) mass is 405 g/mol. The maximum absolute atomic E-state index is 12.5. The Bertz CT molecular complexity index is 555. The van der Waals surface area contributed by atoms with E-state index in [9.17, 15) is 14.4 Å². The summed E-state index contributed by atoms with van der Waals surface area (Å²) in [4.78, 5) is 39.0. The molecule has 0 aromatic rings. The van der Waals surface area contributed by atoms with E-state index in [1.807, 2.05) is 4.90 Å². The first kappa shape index (κ1) is 19.8. The van der Waals surface area contributed by atoms with Crippen molar-refractivity contribution < 1.29 is 33.3 Å². The zero-order valence-corrected chi connectivity index (χ0v) is 16.5. The third-order valence-electron chi connectivity index (χ3n) is 4.82. The largest absolute Gasteiger partial charge is 0.449 e. The van der Waals surface area contributed by atoms with Crippen molar-refractivity contribution in [3.63, 3.8) is 0 Å². The minimum absolute atomic E-state index is 0.187. The van der Waals surface area contributed by atoms with Crippen LogP contribution in [0.4, 0.5) is 0 Å². The molecule has 3 rings (SSSR count). The van der Waals surface area contributed by atoms with E-state index in [1.54, 1.807) is 13.8 Å². The molecule has 3 aliphatic rings. The van der Waals surface area contributed by atoms with Gasteiger partial charge in [0.25, 0.3) is 0 Å². The SMILES string of the molecule is CCC1(CC)C(=O)OC2(OC1=O)SCC(OC(=O)CN1CCOCC1)S2. The van der Waals surface area contributed by atoms with E-state index >= 15 is 0 Å². The molecule has 3 aliphatic heterocycles. The molecule has 0 bridgehead atoms. The van der Waals surface area contributed by atoms with Gasteiger partial charge in [0.2, 0.25) is 0 Å². The highest BCUT2D eigenvalue weighted by atomic mass is 32.2. The highest BCUT2D eigenvalue weighted by molar-refractivity contribution is 8.21. The zero-order valence-electron chi connectivity index (χ0n) is 14.9. The van der Waals surface area contributed by atoms with Crippen molar-refractivity contribution in [2.75, 3.05) is 38.6 Å². The average Bonchev–Trinajstić information content (AvgIpc) is 2.98. The smallest absolute Gasteiger partial charge is 0.362 e. The number of ether oxygens (including phenoxy) is 4. The summed E-state index contributed by atoms with van der Waals surface area (Å²) in [6.45, 7) is 6.30. The molecule has 8 nitrogen and oxygen atoms in total. The molecule has 0 amide bonds. The van der Waals surface area contributed by atoms with Crippen LogP contribution in [0.5, 0.6) is 0 Å². The Morgan fingerprint density at radius 2 is 1.81 bits per heavy atom. The van der Waals surface area contributed by atoms with E-state index in [1.165, 1.54) is 0 Å². The summed E-state index contributed by atoms with van der Waals surface area (Å²) in [7, 11) is 0. The second-order valence-corrected chi connectivity index (χ2v) is 9.02. The number of rotatable bonds is 5. The van der Waals surface area contributed by atoms with E-state index in [4.69, 9.17) is 18.9 Å². The number of carbonyl (C=O) groups excluding carboxylic acids is 3. The Morgan fingerprint density at radius 1 is 1.19 bits per heavy atom. The first-order chi connectivity index (χ1) is 12.4. The fourth-order valence-corrected chi connectivity index (χ4v) is 5.72. The summed E-state index contributed by atoms with van der Waals surface area (Å²) in [6.07, 6.45) is 0.648. The van der Waals surface area contributed by atoms with Crippen LogP contribution in [0.1, 0.15) is 26.7 Å². The first-order valence-electron chi connectivity index (χ1n) is 8.71. The molecule has 3 saturated heterocycles. The maximum atomic E-state index is 12.5. The predicted octanol–water partition coefficient (Wildman–Crippen LogP) is 1.19. The van der Waals surface area contributed by atoms with Crippen molar-refractivity contribution in [3.05, 3.63) is 0 Å². The van der Waals surface area contributed by atoms with Crippen LogP contribution in [0.2, 0.25) is 0 Å². The second-order valence-electron chi connectivity index (χ2n) is 6.31. The molecule has 26 heavy (non-hydrogen) atoms. The van der Waals surface area contributed by atoms with Gasteiger partial charge in [-0.05, 0) is 24.6 Å². The van der Waals surface area contributed by atoms with Crippen molar-refractivity contribution in [2.45, 2.75) is 36.6 Å². The number of esters is 3. The number of hydrogen-bond acceptors (Lipinski definition) is 10. The lowest BCUT2D eigenvalue weighted by atomic mass is 9.82. The molecule has 10 heteroatoms. The minimum Gasteiger partial charge on any atom is -0.449 e. The molecular formula is C16H23NO7S2. The Hall–Kier alpha value is -0.970. The van der Waals surface area contributed by atoms with Crippen LogP contribution in [-0.4, -0.2) is 71.3 Å². The van der Waals surface area contributed by atoms with Gasteiger partial charge in [-0.25, -0.2) is 0 Å². The van der Waals surface area contributed by atoms with Gasteiger partial charge in [0.1, 0.15) is 0 Å². The highest BCUT2D eigenvalue weighted by Gasteiger charge is 2.61. The number of nitrogens with zero attached hydrogens (tertiary/aromatic N) is 1. The van der Waals surface area contributed by atoms with Crippen molar-refractivity contribution in [1.29, 1.82) is 0 Å². The van der Waals surface area contributed by atoms with Gasteiger partial charge in [0.15, 0.2) is 10.9 Å². The Morgan fingerprint density at radius 3 is 2.38 bits per heavy atom. The summed E-state index contributed by atoms with van der Waals surface area (Å²) in [5.74, 6) is -1.12. The quantitative estimate of drug-likeness (QED) is 0.490. The van der Waals surface area contributed by atoms with Crippen LogP contribution in [0.25, 0.3) is 0 Å². The molecule has 3 heterocycles. The number of morpholine rings is 1. The van der Waals surface area contributed by atoms with Crippen LogP contribution in [0.3, 0.4) is 0 Å². The highest BCUT2D eigenvalue weighted by Crippen LogP contribution is 2.54. The number of thioether (sulfide) groups is 2. The van der Waals surface area contributed by atoms with Crippen LogP contribution in [-0.2, 0) is 33.3 Å². The lowest BCUT2D eigenvalue weighted by Crippen LogP contribution is -2.52. The predicted molar refractivity (Wildman–Crippen MR) is 95.1 cm³/mol. The summed E-state index contributed by atoms with van der Waals surface area (Å²) in [6, 6.07) is 0. The van der Waals surface area contributed by atoms with Crippen LogP contribution in [0.15, 0.2) is 0 Å². The van der Waals surface area contributed by atoms with E-state index in [0.29, 0.717) is 44.9 Å². The average molecular weight is 405 g/mol. The van der Waals surface area contributed by atoms with Crippen molar-refractivity contribution in [2.24, 2.45) is 5.41 Å². The molecule has 1 unspecified atom stereocenters. The number of carbonyl (C=O) groups is 3. The molecule has 0 radical (unpaired) electrons. The van der Waals surface area contributed by atoms with Crippen molar-refractivity contribution >= 4 is 41.4 Å². The molecule has 0 N–H and O–H groups in total. The molecule has 0 saturated carbocycles. The second kappa shape index (κ2) is 7.95. The summed E-state index contributed by atoms with van der Waals surface area (Å²) < 4.78 is 20.2. The van der Waals surface area contributed by atoms with Gasteiger partial charge in [0.05, 0.1) is 19.8 Å².